The average Bonchev–Trinajstić information content (AvgIpc) is 3.47. The van der Waals surface area contributed by atoms with E-state index in [0.29, 0.717) is 11.2 Å². The van der Waals surface area contributed by atoms with Gasteiger partial charge in [0, 0.05) is 17.7 Å². The number of ether oxygens (including phenoxy) is 1. The Morgan fingerprint density at radius 3 is 2.67 bits per heavy atom. The van der Waals surface area contributed by atoms with Crippen molar-refractivity contribution in [2.45, 2.75) is 28.8 Å². The van der Waals surface area contributed by atoms with Crippen LogP contribution in [0.15, 0.2) is 77.9 Å². The van der Waals surface area contributed by atoms with Crippen molar-refractivity contribution in [1.82, 2.24) is 20.9 Å². The molecular formula is C27H26Cl3N5O3S. The van der Waals surface area contributed by atoms with Crippen molar-refractivity contribution in [2.24, 2.45) is 4.99 Å². The highest BCUT2D eigenvalue weighted by Gasteiger charge is 2.35. The maximum Gasteiger partial charge on any atom is 0.323 e. The van der Waals surface area contributed by atoms with Crippen LogP contribution in [-0.2, 0) is 14.3 Å². The van der Waals surface area contributed by atoms with Crippen molar-refractivity contribution < 1.29 is 14.3 Å². The van der Waals surface area contributed by atoms with E-state index in [-0.39, 0.29) is 23.1 Å². The number of alkyl halides is 3. The summed E-state index contributed by atoms with van der Waals surface area (Å²) in [6, 6.07) is 18.3. The Hall–Kier alpha value is -2.82. The number of hydrogen-bond donors (Lipinski definition) is 3. The summed E-state index contributed by atoms with van der Waals surface area (Å²) in [5.74, 6) is -0.879. The molecule has 2 atom stereocenters. The second-order valence-electron chi connectivity index (χ2n) is 8.52. The molecule has 1 aliphatic heterocycles. The molecule has 1 saturated heterocycles. The van der Waals surface area contributed by atoms with Crippen molar-refractivity contribution in [3.63, 3.8) is 0 Å². The number of hydrogen-bond acceptors (Lipinski definition) is 7. The first-order chi connectivity index (χ1) is 18.8. The van der Waals surface area contributed by atoms with Crippen LogP contribution in [-0.4, -0.2) is 50.5 Å². The quantitative estimate of drug-likeness (QED) is 0.0796. The number of benzene rings is 2. The molecule has 0 saturated carbocycles. The van der Waals surface area contributed by atoms with Crippen molar-refractivity contribution in [3.8, 4) is 0 Å². The van der Waals surface area contributed by atoms with Crippen LogP contribution in [0.25, 0.3) is 17.0 Å². The fourth-order valence-corrected chi connectivity index (χ4v) is 4.75. The average molecular weight is 607 g/mol. The van der Waals surface area contributed by atoms with Gasteiger partial charge in [-0.05, 0) is 54.9 Å². The molecule has 1 unspecified atom stereocenters. The van der Waals surface area contributed by atoms with Gasteiger partial charge >= 0.3 is 5.97 Å². The molecule has 0 radical (unpaired) electrons. The predicted molar refractivity (Wildman–Crippen MR) is 159 cm³/mol. The molecule has 1 amide bonds. The Morgan fingerprint density at radius 2 is 1.92 bits per heavy atom. The standard InChI is InChI=1S/C27H26Cl3N5O3S/c28-27(29,30)25(34-22(36)14-13-18-7-2-1-3-8-18)35-26(39-17-38-24(37)21-12-6-15-31-21)33-20-11-4-9-19-10-5-16-32-23(19)20/h1-5,7-11,13-14,16,21,25,31H,6,12,15,17H2,(H,33,35)(H,34,36)/b14-13+/t21-,25?/m0/s1. The van der Waals surface area contributed by atoms with E-state index >= 15 is 0 Å². The van der Waals surface area contributed by atoms with Gasteiger partial charge in [0.2, 0.25) is 9.70 Å². The van der Waals surface area contributed by atoms with Gasteiger partial charge in [0.15, 0.2) is 5.17 Å². The minimum Gasteiger partial charge on any atom is -0.453 e. The van der Waals surface area contributed by atoms with E-state index < -0.39 is 15.9 Å². The third-order valence-corrected chi connectivity index (χ3v) is 7.06. The molecule has 1 aliphatic rings. The molecule has 1 aromatic heterocycles. The number of pyridine rings is 1. The van der Waals surface area contributed by atoms with Gasteiger partial charge in [0.05, 0.1) is 11.2 Å². The molecule has 0 spiro atoms. The summed E-state index contributed by atoms with van der Waals surface area (Å²) in [6.45, 7) is 0.776. The molecule has 2 heterocycles. The molecule has 1 fully saturated rings. The number of halogens is 3. The maximum absolute atomic E-state index is 12.7. The third-order valence-electron chi connectivity index (χ3n) is 5.68. The van der Waals surface area contributed by atoms with Gasteiger partial charge in [0.1, 0.15) is 18.1 Å². The predicted octanol–water partition coefficient (Wildman–Crippen LogP) is 5.32. The van der Waals surface area contributed by atoms with Gasteiger partial charge in [-0.3, -0.25) is 14.6 Å². The van der Waals surface area contributed by atoms with Gasteiger partial charge in [-0.25, -0.2) is 4.99 Å². The van der Waals surface area contributed by atoms with Crippen molar-refractivity contribution in [3.05, 3.63) is 78.5 Å². The second-order valence-corrected chi connectivity index (χ2v) is 11.8. The lowest BCUT2D eigenvalue weighted by Crippen LogP contribution is -2.54. The lowest BCUT2D eigenvalue weighted by Gasteiger charge is -2.27. The Balaban J connectivity index is 1.54. The summed E-state index contributed by atoms with van der Waals surface area (Å²) in [4.78, 5) is 34.2. The van der Waals surface area contributed by atoms with E-state index in [1.165, 1.54) is 6.08 Å². The third kappa shape index (κ3) is 8.84. The largest absolute Gasteiger partial charge is 0.453 e. The van der Waals surface area contributed by atoms with Crippen LogP contribution in [0.3, 0.4) is 0 Å². The van der Waals surface area contributed by atoms with Crippen LogP contribution < -0.4 is 16.0 Å². The van der Waals surface area contributed by atoms with Crippen LogP contribution in [0.4, 0.5) is 5.69 Å². The first kappa shape index (κ1) is 29.2. The number of carbonyl (C=O) groups is 2. The van der Waals surface area contributed by atoms with Crippen LogP contribution in [0, 0.1) is 0 Å². The summed E-state index contributed by atoms with van der Waals surface area (Å²) in [5, 5.41) is 9.91. The Kier molecular flexibility index (Phi) is 10.5. The Morgan fingerprint density at radius 1 is 1.13 bits per heavy atom. The maximum atomic E-state index is 12.7. The highest BCUT2D eigenvalue weighted by Crippen LogP contribution is 2.30. The number of esters is 1. The minimum atomic E-state index is -1.95. The zero-order valence-electron chi connectivity index (χ0n) is 20.6. The highest BCUT2D eigenvalue weighted by atomic mass is 35.6. The number of carbonyl (C=O) groups excluding carboxylic acids is 2. The number of nitrogens with one attached hydrogen (secondary N) is 3. The number of thioether (sulfide) groups is 1. The first-order valence-electron chi connectivity index (χ1n) is 12.1. The van der Waals surface area contributed by atoms with E-state index in [1.807, 2.05) is 54.6 Å². The lowest BCUT2D eigenvalue weighted by atomic mass is 10.2. The molecule has 39 heavy (non-hydrogen) atoms. The van der Waals surface area contributed by atoms with E-state index in [0.717, 1.165) is 42.1 Å². The summed E-state index contributed by atoms with van der Waals surface area (Å²) < 4.78 is 3.50. The van der Waals surface area contributed by atoms with Gasteiger partial charge in [0.25, 0.3) is 0 Å². The SMILES string of the molecule is O=C(/C=C/c1ccccc1)NC(N/C(=N\c1cccc2cccnc12)SCOC(=O)[C@@H]1CCCN1)C(Cl)(Cl)Cl. The molecule has 204 valence electrons. The van der Waals surface area contributed by atoms with E-state index in [2.05, 4.69) is 25.9 Å². The number of nitrogens with zero attached hydrogens (tertiary/aromatic N) is 2. The number of aromatic nitrogens is 1. The molecule has 0 bridgehead atoms. The van der Waals surface area contributed by atoms with Gasteiger partial charge in [-0.2, -0.15) is 0 Å². The normalized spacial score (nSPS) is 16.8. The molecule has 3 N–H and O–H groups in total. The number of rotatable bonds is 8. The van der Waals surface area contributed by atoms with Crippen LogP contribution in [0.1, 0.15) is 18.4 Å². The van der Waals surface area contributed by atoms with Gasteiger partial charge in [-0.1, -0.05) is 83.3 Å². The van der Waals surface area contributed by atoms with E-state index in [1.54, 1.807) is 18.3 Å². The molecular weight excluding hydrogens is 581 g/mol. The fourth-order valence-electron chi connectivity index (χ4n) is 3.77. The molecule has 8 nitrogen and oxygen atoms in total. The van der Waals surface area contributed by atoms with Crippen LogP contribution in [0.5, 0.6) is 0 Å². The van der Waals surface area contributed by atoms with Crippen LogP contribution >= 0.6 is 46.6 Å². The smallest absolute Gasteiger partial charge is 0.323 e. The fraction of sp³-hybridized carbons (Fsp3) is 0.259. The summed E-state index contributed by atoms with van der Waals surface area (Å²) in [7, 11) is 0. The highest BCUT2D eigenvalue weighted by molar-refractivity contribution is 8.13. The van der Waals surface area contributed by atoms with Crippen molar-refractivity contribution in [1.29, 1.82) is 0 Å². The number of amides is 1. The monoisotopic (exact) mass is 605 g/mol. The molecule has 3 aromatic rings. The van der Waals surface area contributed by atoms with Crippen LogP contribution in [0.2, 0.25) is 0 Å². The summed E-state index contributed by atoms with van der Waals surface area (Å²) in [6.07, 6.45) is 5.13. The van der Waals surface area contributed by atoms with E-state index in [4.69, 9.17) is 39.5 Å². The Labute approximate surface area is 245 Å². The number of para-hydroxylation sites is 1. The number of amidine groups is 1. The molecule has 12 heteroatoms. The van der Waals surface area contributed by atoms with Gasteiger partial charge in [-0.15, -0.1) is 0 Å². The topological polar surface area (TPSA) is 105 Å². The zero-order chi connectivity index (χ0) is 27.7. The Bertz CT molecular complexity index is 1340. The van der Waals surface area contributed by atoms with E-state index in [9.17, 15) is 9.59 Å². The lowest BCUT2D eigenvalue weighted by molar-refractivity contribution is -0.143. The molecule has 2 aromatic carbocycles. The number of fused-ring (bicyclic) bond motifs is 1. The molecule has 0 aliphatic carbocycles. The second kappa shape index (κ2) is 14.0. The summed E-state index contributed by atoms with van der Waals surface area (Å²) in [5.41, 5.74) is 2.04. The number of aliphatic imine (C=N–C) groups is 1. The van der Waals surface area contributed by atoms with Crippen molar-refractivity contribution in [2.75, 3.05) is 12.5 Å². The van der Waals surface area contributed by atoms with Gasteiger partial charge < -0.3 is 20.7 Å². The summed E-state index contributed by atoms with van der Waals surface area (Å²) >= 11 is 19.8. The first-order valence-corrected chi connectivity index (χ1v) is 14.2. The minimum absolute atomic E-state index is 0.0462. The van der Waals surface area contributed by atoms with Crippen molar-refractivity contribution >= 4 is 86.3 Å². The molecule has 4 rings (SSSR count). The zero-order valence-corrected chi connectivity index (χ0v) is 23.7.